The first-order valence-electron chi connectivity index (χ1n) is 7.93. The molecule has 0 heterocycles. The lowest BCUT2D eigenvalue weighted by molar-refractivity contribution is -0.123. The summed E-state index contributed by atoms with van der Waals surface area (Å²) >= 11 is 0. The molecular formula is C19H16FN3O4. The fourth-order valence-corrected chi connectivity index (χ4v) is 2.03. The number of carbonyl (C=O) groups excluding carboxylic acids is 3. The molecular weight excluding hydrogens is 353 g/mol. The third kappa shape index (κ3) is 5.93. The molecule has 2 amide bonds. The van der Waals surface area contributed by atoms with E-state index in [9.17, 15) is 18.8 Å². The second-order valence-electron chi connectivity index (χ2n) is 5.50. The van der Waals surface area contributed by atoms with Crippen LogP contribution in [0.3, 0.4) is 0 Å². The first-order valence-corrected chi connectivity index (χ1v) is 7.93. The average Bonchev–Trinajstić information content (AvgIpc) is 2.64. The Hall–Kier alpha value is -3.73. The van der Waals surface area contributed by atoms with E-state index >= 15 is 0 Å². The lowest BCUT2D eigenvalue weighted by Gasteiger charge is -2.14. The number of amides is 2. The standard InChI is InChI=1S/C19H16FN3O4/c1-12(18(25)23-16-8-4-14(20)5-9-16)27-19(26)13-2-6-15(7-3-13)22-17(24)10-11-21/h2-9,12H,10H2,1H3,(H,22,24)(H,23,25)/t12-/m0/s1. The van der Waals surface area contributed by atoms with E-state index in [1.165, 1.54) is 55.5 Å². The highest BCUT2D eigenvalue weighted by molar-refractivity contribution is 5.98. The Balaban J connectivity index is 1.91. The largest absolute Gasteiger partial charge is 0.449 e. The van der Waals surface area contributed by atoms with E-state index in [-0.39, 0.29) is 12.0 Å². The quantitative estimate of drug-likeness (QED) is 0.761. The van der Waals surface area contributed by atoms with Gasteiger partial charge in [0.25, 0.3) is 5.91 Å². The zero-order valence-corrected chi connectivity index (χ0v) is 14.4. The SMILES string of the molecule is C[C@H](OC(=O)c1ccc(NC(=O)CC#N)cc1)C(=O)Nc1ccc(F)cc1. The van der Waals surface area contributed by atoms with Gasteiger partial charge in [0.15, 0.2) is 6.10 Å². The number of benzene rings is 2. The van der Waals surface area contributed by atoms with Crippen molar-refractivity contribution < 1.29 is 23.5 Å². The number of nitriles is 1. The van der Waals surface area contributed by atoms with E-state index in [1.807, 2.05) is 0 Å². The molecule has 2 rings (SSSR count). The minimum Gasteiger partial charge on any atom is -0.449 e. The van der Waals surface area contributed by atoms with Crippen LogP contribution in [-0.2, 0) is 14.3 Å². The summed E-state index contributed by atoms with van der Waals surface area (Å²) in [4.78, 5) is 35.5. The summed E-state index contributed by atoms with van der Waals surface area (Å²) in [6, 6.07) is 12.7. The number of esters is 1. The smallest absolute Gasteiger partial charge is 0.338 e. The van der Waals surface area contributed by atoms with Gasteiger partial charge in [-0.1, -0.05) is 0 Å². The Bertz CT molecular complexity index is 873. The molecule has 1 atom stereocenters. The van der Waals surface area contributed by atoms with Gasteiger partial charge in [0.2, 0.25) is 5.91 Å². The molecule has 0 aliphatic carbocycles. The van der Waals surface area contributed by atoms with Gasteiger partial charge in [-0.3, -0.25) is 9.59 Å². The Kier molecular flexibility index (Phi) is 6.61. The van der Waals surface area contributed by atoms with Crippen LogP contribution in [0, 0.1) is 17.1 Å². The summed E-state index contributed by atoms with van der Waals surface area (Å²) in [7, 11) is 0. The Labute approximate surface area is 154 Å². The van der Waals surface area contributed by atoms with Gasteiger partial charge in [-0.15, -0.1) is 0 Å². The number of nitrogens with zero attached hydrogens (tertiary/aromatic N) is 1. The van der Waals surface area contributed by atoms with Crippen molar-refractivity contribution in [3.05, 3.63) is 59.9 Å². The monoisotopic (exact) mass is 369 g/mol. The minimum atomic E-state index is -1.07. The van der Waals surface area contributed by atoms with Crippen molar-refractivity contribution >= 4 is 29.2 Å². The van der Waals surface area contributed by atoms with Gasteiger partial charge in [0.1, 0.15) is 12.2 Å². The highest BCUT2D eigenvalue weighted by atomic mass is 19.1. The van der Waals surface area contributed by atoms with Crippen LogP contribution in [0.2, 0.25) is 0 Å². The maximum atomic E-state index is 12.9. The lowest BCUT2D eigenvalue weighted by Crippen LogP contribution is -2.30. The molecule has 0 radical (unpaired) electrons. The maximum absolute atomic E-state index is 12.9. The van der Waals surface area contributed by atoms with Gasteiger partial charge in [0, 0.05) is 11.4 Å². The van der Waals surface area contributed by atoms with Crippen LogP contribution in [0.1, 0.15) is 23.7 Å². The number of carbonyl (C=O) groups is 3. The first kappa shape index (κ1) is 19.6. The van der Waals surface area contributed by atoms with Crippen molar-refractivity contribution in [2.24, 2.45) is 0 Å². The van der Waals surface area contributed by atoms with Crippen molar-refractivity contribution in [1.82, 2.24) is 0 Å². The molecule has 2 aromatic rings. The average molecular weight is 369 g/mol. The number of hydrogen-bond acceptors (Lipinski definition) is 5. The number of nitrogens with one attached hydrogen (secondary N) is 2. The molecule has 0 aromatic heterocycles. The molecule has 0 aliphatic heterocycles. The van der Waals surface area contributed by atoms with Gasteiger partial charge >= 0.3 is 5.97 Å². The van der Waals surface area contributed by atoms with E-state index in [4.69, 9.17) is 10.00 Å². The molecule has 7 nitrogen and oxygen atoms in total. The Morgan fingerprint density at radius 1 is 1.04 bits per heavy atom. The van der Waals surface area contributed by atoms with Gasteiger partial charge < -0.3 is 15.4 Å². The molecule has 2 aromatic carbocycles. The van der Waals surface area contributed by atoms with Gasteiger partial charge in [0.05, 0.1) is 11.6 Å². The van der Waals surface area contributed by atoms with E-state index < -0.39 is 29.7 Å². The van der Waals surface area contributed by atoms with E-state index in [0.717, 1.165) is 0 Å². The van der Waals surface area contributed by atoms with Crippen LogP contribution in [0.4, 0.5) is 15.8 Å². The van der Waals surface area contributed by atoms with Crippen molar-refractivity contribution in [1.29, 1.82) is 5.26 Å². The van der Waals surface area contributed by atoms with Crippen molar-refractivity contribution in [2.75, 3.05) is 10.6 Å². The molecule has 8 heteroatoms. The highest BCUT2D eigenvalue weighted by Crippen LogP contribution is 2.13. The molecule has 138 valence electrons. The summed E-state index contributed by atoms with van der Waals surface area (Å²) in [6.45, 7) is 1.41. The third-order valence-electron chi connectivity index (χ3n) is 3.41. The summed E-state index contributed by atoms with van der Waals surface area (Å²) in [5, 5.41) is 13.5. The first-order chi connectivity index (χ1) is 12.9. The summed E-state index contributed by atoms with van der Waals surface area (Å²) in [5.74, 6) is -2.17. The molecule has 0 aliphatic rings. The molecule has 0 bridgehead atoms. The summed E-state index contributed by atoms with van der Waals surface area (Å²) in [5.41, 5.74) is 0.991. The fraction of sp³-hybridized carbons (Fsp3) is 0.158. The predicted octanol–water partition coefficient (Wildman–Crippen LogP) is 2.86. The number of rotatable bonds is 6. The van der Waals surface area contributed by atoms with Crippen LogP contribution < -0.4 is 10.6 Å². The predicted molar refractivity (Wildman–Crippen MR) is 95.2 cm³/mol. The van der Waals surface area contributed by atoms with Gasteiger partial charge in [-0.05, 0) is 55.5 Å². The number of halogens is 1. The van der Waals surface area contributed by atoms with E-state index in [0.29, 0.717) is 11.4 Å². The fourth-order valence-electron chi connectivity index (χ4n) is 2.03. The molecule has 27 heavy (non-hydrogen) atoms. The van der Waals surface area contributed by atoms with E-state index in [2.05, 4.69) is 10.6 Å². The maximum Gasteiger partial charge on any atom is 0.338 e. The van der Waals surface area contributed by atoms with Crippen LogP contribution in [-0.4, -0.2) is 23.9 Å². The number of hydrogen-bond donors (Lipinski definition) is 2. The third-order valence-corrected chi connectivity index (χ3v) is 3.41. The van der Waals surface area contributed by atoms with Crippen molar-refractivity contribution in [2.45, 2.75) is 19.4 Å². The topological polar surface area (TPSA) is 108 Å². The lowest BCUT2D eigenvalue weighted by atomic mass is 10.2. The molecule has 2 N–H and O–H groups in total. The van der Waals surface area contributed by atoms with Crippen LogP contribution >= 0.6 is 0 Å². The summed E-state index contributed by atoms with van der Waals surface area (Å²) < 4.78 is 18.0. The van der Waals surface area contributed by atoms with Gasteiger partial charge in [-0.2, -0.15) is 5.26 Å². The molecule has 0 fully saturated rings. The van der Waals surface area contributed by atoms with Crippen LogP contribution in [0.5, 0.6) is 0 Å². The second-order valence-corrected chi connectivity index (χ2v) is 5.50. The number of anilines is 2. The normalized spacial score (nSPS) is 11.0. The minimum absolute atomic E-state index is 0.190. The second kappa shape index (κ2) is 9.10. The molecule has 0 spiro atoms. The molecule has 0 saturated heterocycles. The molecule has 0 unspecified atom stereocenters. The Morgan fingerprint density at radius 2 is 1.59 bits per heavy atom. The van der Waals surface area contributed by atoms with Crippen molar-refractivity contribution in [3.63, 3.8) is 0 Å². The zero-order valence-electron chi connectivity index (χ0n) is 14.4. The Morgan fingerprint density at radius 3 is 2.19 bits per heavy atom. The van der Waals surface area contributed by atoms with Crippen molar-refractivity contribution in [3.8, 4) is 6.07 Å². The summed E-state index contributed by atoms with van der Waals surface area (Å²) in [6.07, 6.45) is -1.35. The van der Waals surface area contributed by atoms with Crippen LogP contribution in [0.25, 0.3) is 0 Å². The van der Waals surface area contributed by atoms with E-state index in [1.54, 1.807) is 6.07 Å². The van der Waals surface area contributed by atoms with Crippen LogP contribution in [0.15, 0.2) is 48.5 Å². The highest BCUT2D eigenvalue weighted by Gasteiger charge is 2.19. The number of ether oxygens (including phenoxy) is 1. The molecule has 0 saturated carbocycles. The van der Waals surface area contributed by atoms with Gasteiger partial charge in [-0.25, -0.2) is 9.18 Å². The zero-order chi connectivity index (χ0) is 19.8.